The normalized spacial score (nSPS) is 12.1. The Hall–Kier alpha value is -2.73. The van der Waals surface area contributed by atoms with E-state index in [4.69, 9.17) is 4.74 Å². The lowest BCUT2D eigenvalue weighted by Gasteiger charge is -2.13. The molecule has 0 aliphatic rings. The number of tetrazole rings is 1. The van der Waals surface area contributed by atoms with Crippen molar-refractivity contribution >= 4 is 0 Å². The molecule has 0 bridgehead atoms. The number of nitrogens with zero attached hydrogens (tertiary/aromatic N) is 4. The number of aliphatic hydroxyl groups excluding tert-OH is 1. The smallest absolute Gasteiger partial charge is 0.143 e. The molecular weight excluding hydrogens is 280 g/mol. The number of ether oxygens (including phenoxy) is 1. The molecule has 22 heavy (non-hydrogen) atoms. The molecule has 0 aliphatic carbocycles. The first-order valence-electron chi connectivity index (χ1n) is 6.93. The number of benzene rings is 2. The van der Waals surface area contributed by atoms with Crippen molar-refractivity contribution in [3.8, 4) is 11.4 Å². The van der Waals surface area contributed by atoms with Gasteiger partial charge in [-0.3, -0.25) is 0 Å². The van der Waals surface area contributed by atoms with Gasteiger partial charge in [0, 0.05) is 6.07 Å². The van der Waals surface area contributed by atoms with Crippen LogP contribution >= 0.6 is 0 Å². The van der Waals surface area contributed by atoms with E-state index in [0.29, 0.717) is 5.75 Å². The molecule has 0 spiro atoms. The maximum atomic E-state index is 10.2. The van der Waals surface area contributed by atoms with E-state index in [1.165, 1.54) is 6.33 Å². The van der Waals surface area contributed by atoms with E-state index in [2.05, 4.69) is 15.5 Å². The minimum atomic E-state index is -0.669. The van der Waals surface area contributed by atoms with E-state index < -0.39 is 6.10 Å². The Morgan fingerprint density at radius 2 is 2.00 bits per heavy atom. The van der Waals surface area contributed by atoms with Gasteiger partial charge in [-0.2, -0.15) is 0 Å². The molecule has 0 aliphatic heterocycles. The third-order valence-electron chi connectivity index (χ3n) is 3.30. The van der Waals surface area contributed by atoms with Crippen LogP contribution < -0.4 is 4.74 Å². The fraction of sp³-hybridized carbons (Fsp3) is 0.188. The highest BCUT2D eigenvalue weighted by molar-refractivity contribution is 5.38. The molecule has 3 aromatic rings. The summed E-state index contributed by atoms with van der Waals surface area (Å²) in [7, 11) is 0. The predicted octanol–water partition coefficient (Wildman–Crippen LogP) is 2.08. The van der Waals surface area contributed by atoms with E-state index in [1.54, 1.807) is 4.68 Å². The standard InChI is InChI=1S/C16H16N4O2/c1-12-5-7-13(8-6-12)16(21)10-22-15-4-2-3-14(9-15)20-11-17-18-19-20/h2-9,11,16,21H,10H2,1H3. The summed E-state index contributed by atoms with van der Waals surface area (Å²) in [4.78, 5) is 0. The molecule has 0 amide bonds. The predicted molar refractivity (Wildman–Crippen MR) is 80.8 cm³/mol. The molecule has 0 saturated heterocycles. The van der Waals surface area contributed by atoms with Crippen LogP contribution in [0.25, 0.3) is 5.69 Å². The van der Waals surface area contributed by atoms with Gasteiger partial charge in [0.2, 0.25) is 0 Å². The van der Waals surface area contributed by atoms with Crippen LogP contribution in [0.4, 0.5) is 0 Å². The lowest BCUT2D eigenvalue weighted by molar-refractivity contribution is 0.108. The lowest BCUT2D eigenvalue weighted by Crippen LogP contribution is -2.09. The van der Waals surface area contributed by atoms with Crippen LogP contribution in [0.5, 0.6) is 5.75 Å². The Morgan fingerprint density at radius 3 is 2.73 bits per heavy atom. The minimum Gasteiger partial charge on any atom is -0.490 e. The molecule has 6 nitrogen and oxygen atoms in total. The quantitative estimate of drug-likeness (QED) is 0.780. The summed E-state index contributed by atoms with van der Waals surface area (Å²) in [6, 6.07) is 15.1. The van der Waals surface area contributed by atoms with Crippen molar-refractivity contribution in [2.45, 2.75) is 13.0 Å². The number of hydrogen-bond acceptors (Lipinski definition) is 5. The van der Waals surface area contributed by atoms with Gasteiger partial charge in [0.05, 0.1) is 5.69 Å². The van der Waals surface area contributed by atoms with E-state index in [1.807, 2.05) is 55.5 Å². The van der Waals surface area contributed by atoms with Crippen molar-refractivity contribution < 1.29 is 9.84 Å². The first-order valence-corrected chi connectivity index (χ1v) is 6.93. The number of aromatic nitrogens is 4. The molecular formula is C16H16N4O2. The van der Waals surface area contributed by atoms with Crippen molar-refractivity contribution in [3.63, 3.8) is 0 Å². The third kappa shape index (κ3) is 3.29. The number of aryl methyl sites for hydroxylation is 1. The SMILES string of the molecule is Cc1ccc(C(O)COc2cccc(-n3cnnn3)c2)cc1. The topological polar surface area (TPSA) is 73.1 Å². The Bertz CT molecular complexity index is 726. The fourth-order valence-corrected chi connectivity index (χ4v) is 2.06. The summed E-state index contributed by atoms with van der Waals surface area (Å²) < 4.78 is 7.20. The summed E-state index contributed by atoms with van der Waals surface area (Å²) >= 11 is 0. The van der Waals surface area contributed by atoms with E-state index in [9.17, 15) is 5.11 Å². The summed E-state index contributed by atoms with van der Waals surface area (Å²) in [6.45, 7) is 2.19. The van der Waals surface area contributed by atoms with Crippen LogP contribution in [-0.2, 0) is 0 Å². The van der Waals surface area contributed by atoms with Crippen molar-refractivity contribution in [2.75, 3.05) is 6.61 Å². The summed E-state index contributed by atoms with van der Waals surface area (Å²) in [5.41, 5.74) is 2.79. The maximum absolute atomic E-state index is 10.2. The highest BCUT2D eigenvalue weighted by Gasteiger charge is 2.09. The van der Waals surface area contributed by atoms with Crippen LogP contribution in [0, 0.1) is 6.92 Å². The van der Waals surface area contributed by atoms with Crippen LogP contribution in [-0.4, -0.2) is 31.9 Å². The molecule has 0 radical (unpaired) electrons. The van der Waals surface area contributed by atoms with Gasteiger partial charge < -0.3 is 9.84 Å². The Balaban J connectivity index is 1.66. The van der Waals surface area contributed by atoms with Gasteiger partial charge in [-0.25, -0.2) is 4.68 Å². The highest BCUT2D eigenvalue weighted by Crippen LogP contribution is 2.19. The first kappa shape index (κ1) is 14.2. The molecule has 112 valence electrons. The zero-order chi connectivity index (χ0) is 15.4. The monoisotopic (exact) mass is 296 g/mol. The van der Waals surface area contributed by atoms with E-state index >= 15 is 0 Å². The van der Waals surface area contributed by atoms with Crippen molar-refractivity contribution in [1.29, 1.82) is 0 Å². The number of hydrogen-bond donors (Lipinski definition) is 1. The van der Waals surface area contributed by atoms with Crippen LogP contribution in [0.3, 0.4) is 0 Å². The molecule has 2 aromatic carbocycles. The van der Waals surface area contributed by atoms with E-state index in [-0.39, 0.29) is 6.61 Å². The molecule has 0 saturated carbocycles. The Labute approximate surface area is 128 Å². The zero-order valence-electron chi connectivity index (χ0n) is 12.1. The van der Waals surface area contributed by atoms with Crippen LogP contribution in [0.2, 0.25) is 0 Å². The largest absolute Gasteiger partial charge is 0.490 e. The third-order valence-corrected chi connectivity index (χ3v) is 3.30. The molecule has 1 heterocycles. The molecule has 0 fully saturated rings. The summed E-state index contributed by atoms with van der Waals surface area (Å²) in [5.74, 6) is 0.652. The molecule has 1 N–H and O–H groups in total. The maximum Gasteiger partial charge on any atom is 0.143 e. The van der Waals surface area contributed by atoms with Crippen molar-refractivity contribution in [2.24, 2.45) is 0 Å². The van der Waals surface area contributed by atoms with Gasteiger partial charge in [0.25, 0.3) is 0 Å². The zero-order valence-corrected chi connectivity index (χ0v) is 12.1. The second-order valence-corrected chi connectivity index (χ2v) is 4.99. The van der Waals surface area contributed by atoms with Gasteiger partial charge in [-0.1, -0.05) is 35.9 Å². The van der Waals surface area contributed by atoms with Crippen molar-refractivity contribution in [1.82, 2.24) is 20.2 Å². The highest BCUT2D eigenvalue weighted by atomic mass is 16.5. The first-order chi connectivity index (χ1) is 10.7. The Morgan fingerprint density at radius 1 is 1.18 bits per heavy atom. The minimum absolute atomic E-state index is 0.183. The van der Waals surface area contributed by atoms with E-state index in [0.717, 1.165) is 16.8 Å². The van der Waals surface area contributed by atoms with Crippen LogP contribution in [0.15, 0.2) is 54.9 Å². The van der Waals surface area contributed by atoms with Gasteiger partial charge in [-0.05, 0) is 35.0 Å². The average Bonchev–Trinajstić information content (AvgIpc) is 3.08. The van der Waals surface area contributed by atoms with Gasteiger partial charge in [0.15, 0.2) is 0 Å². The van der Waals surface area contributed by atoms with Crippen LogP contribution in [0.1, 0.15) is 17.2 Å². The van der Waals surface area contributed by atoms with Gasteiger partial charge >= 0.3 is 0 Å². The molecule has 3 rings (SSSR count). The number of rotatable bonds is 5. The van der Waals surface area contributed by atoms with Crippen molar-refractivity contribution in [3.05, 3.63) is 66.0 Å². The summed E-state index contributed by atoms with van der Waals surface area (Å²) in [6.07, 6.45) is 0.845. The second kappa shape index (κ2) is 6.36. The second-order valence-electron chi connectivity index (χ2n) is 4.99. The molecule has 6 heteroatoms. The molecule has 1 atom stereocenters. The lowest BCUT2D eigenvalue weighted by atomic mass is 10.1. The number of aliphatic hydroxyl groups is 1. The Kier molecular flexibility index (Phi) is 4.11. The molecule has 1 unspecified atom stereocenters. The molecule has 1 aromatic heterocycles. The fourth-order valence-electron chi connectivity index (χ4n) is 2.06. The average molecular weight is 296 g/mol. The van der Waals surface area contributed by atoms with Gasteiger partial charge in [0.1, 0.15) is 24.8 Å². The van der Waals surface area contributed by atoms with Gasteiger partial charge in [-0.15, -0.1) is 5.10 Å². The summed E-state index contributed by atoms with van der Waals surface area (Å²) in [5, 5.41) is 21.2.